The molecule has 0 spiro atoms. The van der Waals surface area contributed by atoms with Gasteiger partial charge in [0.25, 0.3) is 0 Å². The predicted molar refractivity (Wildman–Crippen MR) is 62.7 cm³/mol. The molecule has 0 aromatic heterocycles. The SMILES string of the molecule is C[N+](C)(CO)C1(CC(O)CO)CCCCC1. The zero-order chi connectivity index (χ0) is 12.2. The van der Waals surface area contributed by atoms with Crippen LogP contribution in [-0.4, -0.2) is 58.9 Å². The van der Waals surface area contributed by atoms with Gasteiger partial charge < -0.3 is 19.8 Å². The van der Waals surface area contributed by atoms with E-state index in [1.165, 1.54) is 6.42 Å². The summed E-state index contributed by atoms with van der Waals surface area (Å²) in [6.07, 6.45) is 5.51. The molecule has 4 heteroatoms. The van der Waals surface area contributed by atoms with Crippen LogP contribution in [0.3, 0.4) is 0 Å². The van der Waals surface area contributed by atoms with E-state index in [1.54, 1.807) is 0 Å². The van der Waals surface area contributed by atoms with Crippen LogP contribution in [0.1, 0.15) is 38.5 Å². The first kappa shape index (κ1) is 13.9. The van der Waals surface area contributed by atoms with Crippen molar-refractivity contribution in [2.24, 2.45) is 0 Å². The Labute approximate surface area is 98.1 Å². The molecule has 0 amide bonds. The molecule has 4 nitrogen and oxygen atoms in total. The Balaban J connectivity index is 2.83. The molecule has 1 unspecified atom stereocenters. The second-order valence-electron chi connectivity index (χ2n) is 5.65. The Morgan fingerprint density at radius 2 is 1.69 bits per heavy atom. The maximum atomic E-state index is 9.69. The van der Waals surface area contributed by atoms with E-state index in [1.807, 2.05) is 14.1 Å². The minimum Gasteiger partial charge on any atom is -0.394 e. The molecule has 1 rings (SSSR count). The number of aliphatic hydroxyl groups excluding tert-OH is 3. The molecule has 16 heavy (non-hydrogen) atoms. The lowest BCUT2D eigenvalue weighted by Gasteiger charge is -2.50. The summed E-state index contributed by atoms with van der Waals surface area (Å²) in [7, 11) is 4.02. The fourth-order valence-electron chi connectivity index (χ4n) is 2.92. The number of nitrogens with zero attached hydrogens (tertiary/aromatic N) is 1. The van der Waals surface area contributed by atoms with Crippen LogP contribution >= 0.6 is 0 Å². The third-order valence-corrected chi connectivity index (χ3v) is 4.25. The number of hydrogen-bond donors (Lipinski definition) is 3. The molecule has 3 N–H and O–H groups in total. The lowest BCUT2D eigenvalue weighted by atomic mass is 9.75. The van der Waals surface area contributed by atoms with Gasteiger partial charge in [0.15, 0.2) is 6.73 Å². The largest absolute Gasteiger partial charge is 0.394 e. The Morgan fingerprint density at radius 3 is 2.12 bits per heavy atom. The molecule has 0 aliphatic heterocycles. The highest BCUT2D eigenvalue weighted by molar-refractivity contribution is 4.87. The van der Waals surface area contributed by atoms with E-state index in [0.29, 0.717) is 10.9 Å². The molecule has 0 bridgehead atoms. The summed E-state index contributed by atoms with van der Waals surface area (Å²) < 4.78 is 0.518. The van der Waals surface area contributed by atoms with Crippen LogP contribution < -0.4 is 0 Å². The van der Waals surface area contributed by atoms with Gasteiger partial charge in [0, 0.05) is 19.3 Å². The van der Waals surface area contributed by atoms with Gasteiger partial charge in [-0.1, -0.05) is 6.42 Å². The van der Waals surface area contributed by atoms with Gasteiger partial charge in [0.1, 0.15) is 5.54 Å². The third kappa shape index (κ3) is 2.74. The van der Waals surface area contributed by atoms with Crippen LogP contribution in [0.2, 0.25) is 0 Å². The minimum atomic E-state index is -0.665. The van der Waals surface area contributed by atoms with E-state index in [9.17, 15) is 10.2 Å². The van der Waals surface area contributed by atoms with Crippen molar-refractivity contribution < 1.29 is 19.8 Å². The molecule has 0 saturated heterocycles. The highest BCUT2D eigenvalue weighted by Crippen LogP contribution is 2.40. The van der Waals surface area contributed by atoms with Crippen molar-refractivity contribution in [2.75, 3.05) is 27.4 Å². The zero-order valence-corrected chi connectivity index (χ0v) is 10.5. The van der Waals surface area contributed by atoms with Crippen molar-refractivity contribution in [3.63, 3.8) is 0 Å². The zero-order valence-electron chi connectivity index (χ0n) is 10.5. The fourth-order valence-corrected chi connectivity index (χ4v) is 2.92. The lowest BCUT2D eigenvalue weighted by Crippen LogP contribution is -2.62. The Morgan fingerprint density at radius 1 is 1.12 bits per heavy atom. The first-order valence-corrected chi connectivity index (χ1v) is 6.20. The highest BCUT2D eigenvalue weighted by Gasteiger charge is 2.46. The fraction of sp³-hybridized carbons (Fsp3) is 1.00. The Kier molecular flexibility index (Phi) is 4.73. The Hall–Kier alpha value is -0.160. The average molecular weight is 232 g/mol. The summed E-state index contributed by atoms with van der Waals surface area (Å²) in [6, 6.07) is 0. The van der Waals surface area contributed by atoms with Crippen LogP contribution in [0.4, 0.5) is 0 Å². The minimum absolute atomic E-state index is 0.0743. The lowest BCUT2D eigenvalue weighted by molar-refractivity contribution is -0.960. The van der Waals surface area contributed by atoms with Crippen LogP contribution in [0.5, 0.6) is 0 Å². The van der Waals surface area contributed by atoms with Gasteiger partial charge in [-0.2, -0.15) is 0 Å². The van der Waals surface area contributed by atoms with E-state index in [0.717, 1.165) is 25.7 Å². The molecule has 0 heterocycles. The molecular weight excluding hydrogens is 206 g/mol. The first-order chi connectivity index (χ1) is 7.47. The molecular formula is C12H26NO3+. The molecule has 1 aliphatic rings. The first-order valence-electron chi connectivity index (χ1n) is 6.20. The Bertz CT molecular complexity index is 212. The van der Waals surface area contributed by atoms with Gasteiger partial charge in [-0.05, 0) is 12.8 Å². The van der Waals surface area contributed by atoms with Gasteiger partial charge in [0.05, 0.1) is 26.8 Å². The van der Waals surface area contributed by atoms with Crippen molar-refractivity contribution in [1.29, 1.82) is 0 Å². The van der Waals surface area contributed by atoms with Crippen molar-refractivity contribution in [1.82, 2.24) is 0 Å². The van der Waals surface area contributed by atoms with Crippen molar-refractivity contribution in [2.45, 2.75) is 50.2 Å². The number of aliphatic hydroxyl groups is 3. The molecule has 1 fully saturated rings. The molecule has 1 atom stereocenters. The van der Waals surface area contributed by atoms with Crippen molar-refractivity contribution in [3.8, 4) is 0 Å². The van der Waals surface area contributed by atoms with Gasteiger partial charge >= 0.3 is 0 Å². The quantitative estimate of drug-likeness (QED) is 0.477. The summed E-state index contributed by atoms with van der Waals surface area (Å²) in [5.74, 6) is 0. The molecule has 0 radical (unpaired) electrons. The topological polar surface area (TPSA) is 60.7 Å². The summed E-state index contributed by atoms with van der Waals surface area (Å²) in [4.78, 5) is 0. The molecule has 1 aliphatic carbocycles. The smallest absolute Gasteiger partial charge is 0.180 e. The second-order valence-corrected chi connectivity index (χ2v) is 5.65. The standard InChI is InChI=1S/C12H26NO3/c1-13(2,10-15)12(8-11(16)9-14)6-4-3-5-7-12/h11,14-16H,3-10H2,1-2H3/q+1. The van der Waals surface area contributed by atoms with E-state index < -0.39 is 6.10 Å². The summed E-state index contributed by atoms with van der Waals surface area (Å²) >= 11 is 0. The average Bonchev–Trinajstić information content (AvgIpc) is 2.30. The molecule has 0 aromatic rings. The van der Waals surface area contributed by atoms with E-state index in [2.05, 4.69) is 0 Å². The van der Waals surface area contributed by atoms with Crippen molar-refractivity contribution >= 4 is 0 Å². The van der Waals surface area contributed by atoms with E-state index in [4.69, 9.17) is 5.11 Å². The number of rotatable bonds is 5. The van der Waals surface area contributed by atoms with Crippen LogP contribution in [-0.2, 0) is 0 Å². The van der Waals surface area contributed by atoms with Crippen LogP contribution in [0.15, 0.2) is 0 Å². The van der Waals surface area contributed by atoms with Crippen LogP contribution in [0, 0.1) is 0 Å². The monoisotopic (exact) mass is 232 g/mol. The normalized spacial score (nSPS) is 23.1. The summed E-state index contributed by atoms with van der Waals surface area (Å²) in [5.41, 5.74) is -0.0743. The highest BCUT2D eigenvalue weighted by atomic mass is 16.3. The summed E-state index contributed by atoms with van der Waals surface area (Å²) in [5, 5.41) is 28.2. The van der Waals surface area contributed by atoms with E-state index in [-0.39, 0.29) is 18.9 Å². The van der Waals surface area contributed by atoms with Gasteiger partial charge in [0.2, 0.25) is 0 Å². The number of quaternary nitrogens is 1. The van der Waals surface area contributed by atoms with Gasteiger partial charge in [-0.3, -0.25) is 0 Å². The maximum absolute atomic E-state index is 9.69. The van der Waals surface area contributed by atoms with E-state index >= 15 is 0 Å². The van der Waals surface area contributed by atoms with Gasteiger partial charge in [-0.25, -0.2) is 0 Å². The summed E-state index contributed by atoms with van der Waals surface area (Å²) in [6.45, 7) is -0.106. The molecule has 96 valence electrons. The maximum Gasteiger partial charge on any atom is 0.180 e. The molecule has 0 aromatic carbocycles. The third-order valence-electron chi connectivity index (χ3n) is 4.25. The molecule has 1 saturated carbocycles. The van der Waals surface area contributed by atoms with Gasteiger partial charge in [-0.15, -0.1) is 0 Å². The number of hydrogen-bond acceptors (Lipinski definition) is 3. The van der Waals surface area contributed by atoms with Crippen LogP contribution in [0.25, 0.3) is 0 Å². The van der Waals surface area contributed by atoms with Crippen molar-refractivity contribution in [3.05, 3.63) is 0 Å². The predicted octanol–water partition coefficient (Wildman–Crippen LogP) is 0.459. The second kappa shape index (κ2) is 5.45.